The van der Waals surface area contributed by atoms with E-state index in [9.17, 15) is 51.9 Å². The van der Waals surface area contributed by atoms with Gasteiger partial charge in [-0.15, -0.1) is 0 Å². The summed E-state index contributed by atoms with van der Waals surface area (Å²) in [4.78, 5) is 68.8. The van der Waals surface area contributed by atoms with Crippen molar-refractivity contribution in [1.29, 1.82) is 0 Å². The van der Waals surface area contributed by atoms with E-state index in [1.807, 2.05) is 169 Å². The highest BCUT2D eigenvalue weighted by Gasteiger charge is 2.48. The van der Waals surface area contributed by atoms with Crippen LogP contribution in [0.15, 0.2) is 279 Å². The Balaban J connectivity index is 0.000000198. The summed E-state index contributed by atoms with van der Waals surface area (Å²) in [5.74, 6) is 2.75. The Hall–Kier alpha value is -11.9. The van der Waals surface area contributed by atoms with E-state index in [1.54, 1.807) is 228 Å². The fourth-order valence-corrected chi connectivity index (χ4v) is 30.3. The van der Waals surface area contributed by atoms with Crippen LogP contribution in [0.2, 0.25) is 0 Å². The molecule has 0 heterocycles. The highest BCUT2D eigenvalue weighted by molar-refractivity contribution is 7.94. The van der Waals surface area contributed by atoms with Crippen LogP contribution in [0.3, 0.4) is 0 Å². The predicted octanol–water partition coefficient (Wildman–Crippen LogP) is 21.5. The van der Waals surface area contributed by atoms with Crippen LogP contribution in [0.1, 0.15) is 178 Å². The lowest BCUT2D eigenvalue weighted by molar-refractivity contribution is 0.105. The zero-order chi connectivity index (χ0) is 104. The van der Waals surface area contributed by atoms with Crippen molar-refractivity contribution in [2.75, 3.05) is 72.7 Å². The van der Waals surface area contributed by atoms with Crippen LogP contribution in [0.5, 0.6) is 28.7 Å². The molecule has 748 valence electrons. The topological polar surface area (TPSA) is 327 Å². The van der Waals surface area contributed by atoms with Gasteiger partial charge < -0.3 is 72.0 Å². The first-order chi connectivity index (χ1) is 67.4. The molecule has 0 fully saturated rings. The van der Waals surface area contributed by atoms with Crippen molar-refractivity contribution in [3.8, 4) is 28.7 Å². The summed E-state index contributed by atoms with van der Waals surface area (Å²) in [5.41, 5.74) is 10.3. The molecule has 0 aliphatic carbocycles. The minimum Gasteiger partial charge on any atom is -0.491 e. The average Bonchev–Trinajstić information content (AvgIpc) is 0.734. The van der Waals surface area contributed by atoms with Crippen LogP contribution in [-0.2, 0) is 32.8 Å². The van der Waals surface area contributed by atoms with Gasteiger partial charge in [0, 0.05) is 109 Å². The Morgan fingerprint density at radius 2 is 0.500 bits per heavy atom. The Labute approximate surface area is 836 Å². The zero-order valence-corrected chi connectivity index (χ0v) is 89.3. The second-order valence-corrected chi connectivity index (χ2v) is 50.1. The van der Waals surface area contributed by atoms with E-state index in [4.69, 9.17) is 48.6 Å². The molecule has 0 amide bonds. The molecule has 0 aliphatic rings. The molecular formula is C116H133O21P5. The monoisotopic (exact) mass is 2020 g/mol. The number of aryl methyl sites for hydroxylation is 8. The molecule has 13 rings (SSSR count). The smallest absolute Gasteiger partial charge is 0.300 e. The number of ether oxygens (including phenoxy) is 5. The Morgan fingerprint density at radius 3 is 0.775 bits per heavy atom. The molecule has 13 aromatic carbocycles. The Kier molecular flexibility index (Phi) is 40.7. The summed E-state index contributed by atoms with van der Waals surface area (Å²) >= 11 is 0. The fraction of sp³-hybridized carbons (Fsp3) is 0.284. The molecule has 142 heavy (non-hydrogen) atoms. The molecule has 13 aromatic rings. The maximum atomic E-state index is 14.6. The lowest BCUT2D eigenvalue weighted by Gasteiger charge is -2.31. The number of hydrogen-bond acceptors (Lipinski definition) is 21. The second kappa shape index (κ2) is 50.9. The highest BCUT2D eigenvalue weighted by atomic mass is 31.2. The van der Waals surface area contributed by atoms with E-state index in [2.05, 4.69) is 20.8 Å². The largest absolute Gasteiger partial charge is 0.491 e. The summed E-state index contributed by atoms with van der Waals surface area (Å²) in [6.45, 7) is 37.6. The van der Waals surface area contributed by atoms with Crippen LogP contribution in [0, 0.1) is 90.0 Å². The molecule has 26 heteroatoms. The normalized spacial score (nSPS) is 12.3. The van der Waals surface area contributed by atoms with Crippen molar-refractivity contribution in [3.05, 3.63) is 385 Å². The van der Waals surface area contributed by atoms with Crippen LogP contribution in [0.25, 0.3) is 0 Å². The van der Waals surface area contributed by atoms with Gasteiger partial charge in [-0.2, -0.15) is 0 Å². The number of carbonyl (C=O) groups is 5. The van der Waals surface area contributed by atoms with Gasteiger partial charge in [0.25, 0.3) is 5.52 Å². The number of carbonyl (C=O) groups excluding carboxylic acids is 5. The summed E-state index contributed by atoms with van der Waals surface area (Å²) < 4.78 is 105. The molecule has 0 aliphatic heterocycles. The molecule has 0 bridgehead atoms. The number of rotatable bonds is 35. The quantitative estimate of drug-likeness (QED) is 0.0230. The summed E-state index contributed by atoms with van der Waals surface area (Å²) in [7, 11) is -18.0. The van der Waals surface area contributed by atoms with Gasteiger partial charge >= 0.3 is 7.37 Å². The average molecular weight is 2020 g/mol. The standard InChI is InChI=1S/C27H31O4P.C24H25O4P.C23H23O4P.C22H29O4P.C20H25O5P/c1-19-18-23(27(3,4)5)25(31-17-16-28)20(2)24(19)26(29)32(30,21-12-8-6-9-13-21)22-14-10-7-11-15-22;1-17-16-18(2)23(28-15-14-25)19(3)22(17)24(26)29(27,20-10-6-4-7-11-20)21-12-8-5-9-13-21;1-17-13-14-21(27-16-15-24)18(2)22(17)23(25)28(26,19-9-5-3-6-10-19)20-11-7-4-8-12-20;1-15-14-16(2)20(26-13-12-23)17(3)19(15)21(24)27(25,22(4,5)6)18-10-8-7-9-11-18;1-5-25-26(23,17-9-7-6-8-10-17)20(22)18-14(2)13-15(3)19(16(18)4)24-12-11-21/h6-15,18,28H,16-17H2,1-5H3;4-13,16,25H,14-15H2,1-3H3;3-14,24H,15-16H2,1-2H3;7-11,14,23H,12-13H2,1-6H3;6-10,13,21H,5,11-12H2,1-4H3. The van der Waals surface area contributed by atoms with Gasteiger partial charge in [0.1, 0.15) is 61.8 Å². The maximum Gasteiger partial charge on any atom is 0.300 e. The Bertz CT molecular complexity index is 6690. The molecule has 0 spiro atoms. The number of aliphatic hydroxyl groups excluding tert-OH is 5. The van der Waals surface area contributed by atoms with Crippen molar-refractivity contribution in [1.82, 2.24) is 0 Å². The third-order valence-electron chi connectivity index (χ3n) is 24.2. The van der Waals surface area contributed by atoms with Gasteiger partial charge in [0.2, 0.25) is 43.5 Å². The van der Waals surface area contributed by atoms with E-state index >= 15 is 0 Å². The van der Waals surface area contributed by atoms with Crippen LogP contribution in [0.4, 0.5) is 0 Å². The third kappa shape index (κ3) is 25.3. The first-order valence-electron chi connectivity index (χ1n) is 47.0. The molecule has 0 saturated carbocycles. The van der Waals surface area contributed by atoms with Crippen molar-refractivity contribution in [2.45, 2.75) is 149 Å². The number of benzene rings is 13. The molecule has 5 N–H and O–H groups in total. The van der Waals surface area contributed by atoms with Crippen molar-refractivity contribution >= 4 is 106 Å². The lowest BCUT2D eigenvalue weighted by Crippen LogP contribution is -2.29. The zero-order valence-electron chi connectivity index (χ0n) is 84.8. The molecule has 0 saturated heterocycles. The molecule has 0 radical (unpaired) electrons. The second-order valence-electron chi connectivity index (χ2n) is 36.4. The van der Waals surface area contributed by atoms with E-state index in [1.165, 1.54) is 0 Å². The number of aliphatic hydroxyl groups is 5. The Morgan fingerprint density at radius 1 is 0.261 bits per heavy atom. The van der Waals surface area contributed by atoms with Gasteiger partial charge in [-0.1, -0.05) is 302 Å². The van der Waals surface area contributed by atoms with E-state index in [0.29, 0.717) is 127 Å². The van der Waals surface area contributed by atoms with Gasteiger partial charge in [-0.25, -0.2) is 0 Å². The summed E-state index contributed by atoms with van der Waals surface area (Å²) in [5, 5.41) is 48.9. The summed E-state index contributed by atoms with van der Waals surface area (Å²) in [6.07, 6.45) is 0. The van der Waals surface area contributed by atoms with Crippen molar-refractivity contribution < 1.29 is 101 Å². The lowest BCUT2D eigenvalue weighted by atomic mass is 9.83. The van der Waals surface area contributed by atoms with Crippen molar-refractivity contribution in [2.24, 2.45) is 0 Å². The molecule has 2 unspecified atom stereocenters. The van der Waals surface area contributed by atoms with Crippen LogP contribution < -0.4 is 66.1 Å². The van der Waals surface area contributed by atoms with Gasteiger partial charge in [-0.3, -0.25) is 28.5 Å². The van der Waals surface area contributed by atoms with E-state index in [-0.39, 0.29) is 83.6 Å². The summed E-state index contributed by atoms with van der Waals surface area (Å²) in [6, 6.07) is 82.2. The minimum atomic E-state index is -3.74. The van der Waals surface area contributed by atoms with Gasteiger partial charge in [0.05, 0.1) is 39.6 Å². The van der Waals surface area contributed by atoms with Crippen LogP contribution in [-0.4, -0.2) is 131 Å². The van der Waals surface area contributed by atoms with Crippen LogP contribution >= 0.6 is 35.9 Å². The minimum absolute atomic E-state index is 0.111. The van der Waals surface area contributed by atoms with Gasteiger partial charge in [-0.05, 0) is 165 Å². The first kappa shape index (κ1) is 114. The SMILES string of the molecule is CCOP(=O)(C(=O)c1c(C)cc(C)c(OCCO)c1C)c1ccccc1.Cc1cc(C(C)(C)C)c(OCCO)c(C)c1C(=O)P(=O)(c1ccccc1)c1ccccc1.Cc1cc(C)c(C(=O)P(=O)(c2ccccc2)C(C)(C)C)c(C)c1OCCO.Cc1cc(C)c(C(=O)P(=O)(c2ccccc2)c2ccccc2)c(C)c1OCCO.Cc1ccc(OCCO)c(C)c1C(=O)P(=O)(c1ccccc1)c1ccccc1. The van der Waals surface area contributed by atoms with Gasteiger partial charge in [0.15, 0.2) is 7.14 Å². The number of hydrogen-bond donors (Lipinski definition) is 5. The van der Waals surface area contributed by atoms with Crippen molar-refractivity contribution in [3.63, 3.8) is 0 Å². The maximum absolute atomic E-state index is 14.6. The molecule has 2 atom stereocenters. The fourth-order valence-electron chi connectivity index (χ4n) is 17.5. The predicted molar refractivity (Wildman–Crippen MR) is 575 cm³/mol. The highest BCUT2D eigenvalue weighted by Crippen LogP contribution is 2.61. The van der Waals surface area contributed by atoms with E-state index < -0.39 is 63.2 Å². The van der Waals surface area contributed by atoms with E-state index in [0.717, 1.165) is 50.1 Å². The molecule has 21 nitrogen and oxygen atoms in total. The first-order valence-corrected chi connectivity index (χ1v) is 55.5. The molecular weight excluding hydrogens is 1880 g/mol. The molecule has 0 aromatic heterocycles. The third-order valence-corrected chi connectivity index (χ3v) is 38.8.